The number of methoxy groups -OCH3 is 1. The van der Waals surface area contributed by atoms with Gasteiger partial charge in [0.2, 0.25) is 23.2 Å². The summed E-state index contributed by atoms with van der Waals surface area (Å²) in [5, 5.41) is 69.5. The van der Waals surface area contributed by atoms with E-state index >= 15 is 0 Å². The van der Waals surface area contributed by atoms with Gasteiger partial charge in [0.25, 0.3) is 0 Å². The molecule has 5 atom stereocenters. The zero-order valence-electron chi connectivity index (χ0n) is 17.7. The molecule has 1 aliphatic rings. The first kappa shape index (κ1) is 23.6. The fourth-order valence-corrected chi connectivity index (χ4v) is 3.68. The van der Waals surface area contributed by atoms with E-state index in [1.54, 1.807) is 0 Å². The van der Waals surface area contributed by atoms with Gasteiger partial charge in [-0.05, 0) is 24.3 Å². The molecular weight excluding hydrogens is 456 g/mol. The smallest absolute Gasteiger partial charge is 0.239 e. The summed E-state index contributed by atoms with van der Waals surface area (Å²) in [6.45, 7) is -0.723. The Hall–Kier alpha value is -3.55. The van der Waals surface area contributed by atoms with Crippen molar-refractivity contribution >= 4 is 11.0 Å². The van der Waals surface area contributed by atoms with E-state index in [-0.39, 0.29) is 28.4 Å². The predicted molar refractivity (Wildman–Crippen MR) is 114 cm³/mol. The molecule has 0 radical (unpaired) electrons. The van der Waals surface area contributed by atoms with Crippen LogP contribution in [0.4, 0.5) is 0 Å². The number of rotatable bonds is 5. The first-order chi connectivity index (χ1) is 16.2. The van der Waals surface area contributed by atoms with E-state index in [9.17, 15) is 40.5 Å². The van der Waals surface area contributed by atoms with Gasteiger partial charge in [0, 0.05) is 11.6 Å². The number of hydrogen-bond donors (Lipinski definition) is 7. The summed E-state index contributed by atoms with van der Waals surface area (Å²) in [7, 11) is 1.21. The van der Waals surface area contributed by atoms with Crippen molar-refractivity contribution in [1.82, 2.24) is 0 Å². The number of phenolic OH excluding ortho intramolecular Hbond substituents is 3. The Bertz CT molecular complexity index is 1250. The van der Waals surface area contributed by atoms with Crippen LogP contribution in [-0.2, 0) is 4.74 Å². The van der Waals surface area contributed by atoms with Gasteiger partial charge in [-0.15, -0.1) is 0 Å². The lowest BCUT2D eigenvalue weighted by molar-refractivity contribution is -0.277. The standard InChI is InChI=1S/C22H22O12/c1-31-19-11(26)6-10(25)13-15(28)21(18(33-20(13)19)8-2-4-9(24)5-3-8)34-22-17(30)16(29)14(27)12(7-23)32-22/h2-6,12,14,16-17,22-27,29-30H,7H2,1H3/t12-,14-,16+,17-,22+/m0/s1. The maximum Gasteiger partial charge on any atom is 0.239 e. The molecule has 1 aromatic heterocycles. The first-order valence-corrected chi connectivity index (χ1v) is 10.0. The average Bonchev–Trinajstić information content (AvgIpc) is 2.81. The van der Waals surface area contributed by atoms with Crippen molar-refractivity contribution in [2.24, 2.45) is 0 Å². The van der Waals surface area contributed by atoms with Gasteiger partial charge in [-0.2, -0.15) is 0 Å². The highest BCUT2D eigenvalue weighted by Gasteiger charge is 2.45. The number of aliphatic hydroxyl groups is 4. The third-order valence-corrected chi connectivity index (χ3v) is 5.46. The molecule has 1 fully saturated rings. The second-order valence-electron chi connectivity index (χ2n) is 7.60. The Morgan fingerprint density at radius 1 is 0.941 bits per heavy atom. The van der Waals surface area contributed by atoms with Crippen LogP contribution in [0.1, 0.15) is 0 Å². The summed E-state index contributed by atoms with van der Waals surface area (Å²) in [6.07, 6.45) is -8.29. The molecule has 182 valence electrons. The van der Waals surface area contributed by atoms with Crippen molar-refractivity contribution in [3.8, 4) is 40.1 Å². The molecule has 0 amide bonds. The lowest BCUT2D eigenvalue weighted by Gasteiger charge is -2.39. The van der Waals surface area contributed by atoms with E-state index in [4.69, 9.17) is 18.6 Å². The van der Waals surface area contributed by atoms with Crippen LogP contribution >= 0.6 is 0 Å². The molecule has 0 bridgehead atoms. The molecule has 4 rings (SSSR count). The van der Waals surface area contributed by atoms with Gasteiger partial charge in [0.15, 0.2) is 17.1 Å². The molecule has 0 unspecified atom stereocenters. The van der Waals surface area contributed by atoms with Gasteiger partial charge in [-0.3, -0.25) is 4.79 Å². The summed E-state index contributed by atoms with van der Waals surface area (Å²) >= 11 is 0. The molecule has 7 N–H and O–H groups in total. The van der Waals surface area contributed by atoms with Crippen molar-refractivity contribution in [3.63, 3.8) is 0 Å². The molecule has 0 aliphatic carbocycles. The van der Waals surface area contributed by atoms with E-state index in [2.05, 4.69) is 0 Å². The molecule has 12 nitrogen and oxygen atoms in total. The van der Waals surface area contributed by atoms with Crippen molar-refractivity contribution in [2.45, 2.75) is 30.7 Å². The molecule has 2 aromatic carbocycles. The number of hydrogen-bond acceptors (Lipinski definition) is 12. The second kappa shape index (κ2) is 9.00. The SMILES string of the molecule is COc1c(O)cc(O)c2c(=O)c(O[C@H]3O[C@@H](CO)[C@H](O)[C@@H](O)[C@@H]3O)c(-c3ccc(O)cc3)oc12. The van der Waals surface area contributed by atoms with E-state index in [0.717, 1.165) is 6.07 Å². The Morgan fingerprint density at radius 2 is 1.62 bits per heavy atom. The van der Waals surface area contributed by atoms with Gasteiger partial charge >= 0.3 is 0 Å². The number of aliphatic hydroxyl groups excluding tert-OH is 4. The van der Waals surface area contributed by atoms with Gasteiger partial charge in [-0.1, -0.05) is 0 Å². The fraction of sp³-hybridized carbons (Fsp3) is 0.318. The van der Waals surface area contributed by atoms with Crippen LogP contribution in [0.15, 0.2) is 39.5 Å². The maximum absolute atomic E-state index is 13.4. The highest BCUT2D eigenvalue weighted by molar-refractivity contribution is 5.93. The monoisotopic (exact) mass is 478 g/mol. The molecule has 1 aliphatic heterocycles. The third kappa shape index (κ3) is 3.87. The van der Waals surface area contributed by atoms with Crippen molar-refractivity contribution in [1.29, 1.82) is 0 Å². The zero-order chi connectivity index (χ0) is 24.7. The van der Waals surface area contributed by atoms with E-state index < -0.39 is 65.4 Å². The minimum atomic E-state index is -1.83. The summed E-state index contributed by atoms with van der Waals surface area (Å²) in [5.41, 5.74) is -1.05. The largest absolute Gasteiger partial charge is 0.508 e. The Labute approximate surface area is 191 Å². The van der Waals surface area contributed by atoms with Gasteiger partial charge in [-0.25, -0.2) is 0 Å². The van der Waals surface area contributed by atoms with Crippen molar-refractivity contribution < 1.29 is 54.4 Å². The highest BCUT2D eigenvalue weighted by Crippen LogP contribution is 2.43. The van der Waals surface area contributed by atoms with Gasteiger partial charge < -0.3 is 54.4 Å². The molecule has 12 heteroatoms. The summed E-state index contributed by atoms with van der Waals surface area (Å²) in [5.74, 6) is -2.31. The number of ether oxygens (including phenoxy) is 3. The third-order valence-electron chi connectivity index (χ3n) is 5.46. The maximum atomic E-state index is 13.4. The van der Waals surface area contributed by atoms with E-state index in [1.165, 1.54) is 31.4 Å². The number of fused-ring (bicyclic) bond motifs is 1. The lowest BCUT2D eigenvalue weighted by atomic mass is 9.99. The van der Waals surface area contributed by atoms with Crippen molar-refractivity contribution in [3.05, 3.63) is 40.6 Å². The van der Waals surface area contributed by atoms with E-state index in [0.29, 0.717) is 0 Å². The predicted octanol–water partition coefficient (Wildman–Crippen LogP) is -0.236. The summed E-state index contributed by atoms with van der Waals surface area (Å²) < 4.78 is 21.8. The molecule has 3 aromatic rings. The number of phenols is 3. The van der Waals surface area contributed by atoms with Crippen LogP contribution in [0.2, 0.25) is 0 Å². The average molecular weight is 478 g/mol. The van der Waals surface area contributed by atoms with Crippen LogP contribution in [0.25, 0.3) is 22.3 Å². The Morgan fingerprint density at radius 3 is 2.24 bits per heavy atom. The highest BCUT2D eigenvalue weighted by atomic mass is 16.7. The normalized spacial score (nSPS) is 24.8. The van der Waals surface area contributed by atoms with Crippen LogP contribution in [-0.4, -0.2) is 80.2 Å². The minimum Gasteiger partial charge on any atom is -0.508 e. The zero-order valence-corrected chi connectivity index (χ0v) is 17.7. The Kier molecular flexibility index (Phi) is 6.25. The quantitative estimate of drug-likeness (QED) is 0.254. The second-order valence-corrected chi connectivity index (χ2v) is 7.60. The summed E-state index contributed by atoms with van der Waals surface area (Å²) in [6, 6.07) is 6.24. The fourth-order valence-electron chi connectivity index (χ4n) is 3.68. The van der Waals surface area contributed by atoms with Crippen LogP contribution in [0, 0.1) is 0 Å². The van der Waals surface area contributed by atoms with Crippen LogP contribution < -0.4 is 14.9 Å². The molecular formula is C22H22O12. The topological polar surface area (TPSA) is 200 Å². The lowest BCUT2D eigenvalue weighted by Crippen LogP contribution is -2.60. The first-order valence-electron chi connectivity index (χ1n) is 10.0. The molecule has 0 saturated carbocycles. The number of aromatic hydroxyl groups is 3. The molecule has 0 spiro atoms. The molecule has 2 heterocycles. The van der Waals surface area contributed by atoms with Crippen molar-refractivity contribution in [2.75, 3.05) is 13.7 Å². The van der Waals surface area contributed by atoms with Crippen LogP contribution in [0.3, 0.4) is 0 Å². The molecule has 1 saturated heterocycles. The van der Waals surface area contributed by atoms with Gasteiger partial charge in [0.1, 0.15) is 41.3 Å². The minimum absolute atomic E-state index is 0.0869. The summed E-state index contributed by atoms with van der Waals surface area (Å²) in [4.78, 5) is 13.4. The Balaban J connectivity index is 1.94. The molecule has 34 heavy (non-hydrogen) atoms. The number of benzene rings is 2. The van der Waals surface area contributed by atoms with Gasteiger partial charge in [0.05, 0.1) is 13.7 Å². The van der Waals surface area contributed by atoms with E-state index in [1.807, 2.05) is 0 Å². The van der Waals surface area contributed by atoms with Crippen LogP contribution in [0.5, 0.6) is 28.7 Å².